The summed E-state index contributed by atoms with van der Waals surface area (Å²) in [6.45, 7) is 4.52. The Bertz CT molecular complexity index is 1950. The standard InChI is InChI=1S/C40H44N4O4S/c1-25-9-7-14-35(26(25)2)43-39(46)32-11-5-6-13-34(32)41-40(43)49-24-36(45)44-38(28-17-21-31(48-4)22-18-28)33-12-8-10-29(37(33)42-44)23-27-15-19-30(47-3)20-16-27/h5-6,11,13,15-23,25-26,33,35,38H,7-10,12,14,24H2,1-4H3/b29-23-. The van der Waals surface area contributed by atoms with Crippen molar-refractivity contribution in [2.24, 2.45) is 22.9 Å². The molecule has 0 spiro atoms. The first kappa shape index (κ1) is 33.1. The van der Waals surface area contributed by atoms with Crippen LogP contribution in [0.4, 0.5) is 0 Å². The Kier molecular flexibility index (Phi) is 9.63. The molecule has 9 heteroatoms. The van der Waals surface area contributed by atoms with Crippen LogP contribution in [0.25, 0.3) is 17.0 Å². The molecule has 8 nitrogen and oxygen atoms in total. The first-order chi connectivity index (χ1) is 23.9. The quantitative estimate of drug-likeness (QED) is 0.138. The Morgan fingerprint density at radius 1 is 0.918 bits per heavy atom. The SMILES string of the molecule is COc1ccc(/C=C2/CCCC3C2=NN(C(=O)CSc2nc4ccccc4c(=O)n2C2CCCC(C)C2C)C3c2ccc(OC)cc2)cc1. The number of carbonyl (C=O) groups is 1. The van der Waals surface area contributed by atoms with Crippen LogP contribution >= 0.6 is 11.8 Å². The molecule has 7 rings (SSSR count). The van der Waals surface area contributed by atoms with E-state index in [4.69, 9.17) is 19.6 Å². The number of hydrogen-bond acceptors (Lipinski definition) is 7. The Morgan fingerprint density at radius 3 is 2.37 bits per heavy atom. The molecule has 2 fully saturated rings. The van der Waals surface area contributed by atoms with Gasteiger partial charge in [-0.3, -0.25) is 14.2 Å². The van der Waals surface area contributed by atoms with Crippen molar-refractivity contribution < 1.29 is 14.3 Å². The maximum Gasteiger partial charge on any atom is 0.262 e. The van der Waals surface area contributed by atoms with Crippen molar-refractivity contribution in [3.8, 4) is 11.5 Å². The van der Waals surface area contributed by atoms with Crippen molar-refractivity contribution in [1.82, 2.24) is 14.6 Å². The zero-order valence-electron chi connectivity index (χ0n) is 28.7. The first-order valence-corrected chi connectivity index (χ1v) is 18.4. The zero-order chi connectivity index (χ0) is 34.1. The van der Waals surface area contributed by atoms with Crippen LogP contribution in [0.1, 0.15) is 75.6 Å². The van der Waals surface area contributed by atoms with Crippen LogP contribution in [0.5, 0.6) is 11.5 Å². The van der Waals surface area contributed by atoms with E-state index in [-0.39, 0.29) is 35.2 Å². The van der Waals surface area contributed by atoms with E-state index in [1.54, 1.807) is 19.2 Å². The molecule has 2 saturated carbocycles. The molecule has 4 aromatic rings. The first-order valence-electron chi connectivity index (χ1n) is 17.4. The minimum atomic E-state index is -0.237. The van der Waals surface area contributed by atoms with Crippen LogP contribution in [0.3, 0.4) is 0 Å². The fraction of sp³-hybridized carbons (Fsp3) is 0.400. The van der Waals surface area contributed by atoms with Gasteiger partial charge in [-0.15, -0.1) is 0 Å². The van der Waals surface area contributed by atoms with Gasteiger partial charge in [0.05, 0.1) is 42.6 Å². The van der Waals surface area contributed by atoms with Crippen LogP contribution in [0, 0.1) is 17.8 Å². The highest BCUT2D eigenvalue weighted by atomic mass is 32.2. The van der Waals surface area contributed by atoms with Gasteiger partial charge < -0.3 is 9.47 Å². The van der Waals surface area contributed by atoms with Gasteiger partial charge in [-0.1, -0.05) is 74.8 Å². The van der Waals surface area contributed by atoms with Crippen LogP contribution < -0.4 is 15.0 Å². The molecular weight excluding hydrogens is 633 g/mol. The highest BCUT2D eigenvalue weighted by Gasteiger charge is 2.44. The summed E-state index contributed by atoms with van der Waals surface area (Å²) in [5.74, 6) is 2.51. The summed E-state index contributed by atoms with van der Waals surface area (Å²) in [4.78, 5) is 33.4. The number of benzene rings is 3. The molecule has 1 aromatic heterocycles. The average Bonchev–Trinajstić information content (AvgIpc) is 3.53. The molecule has 1 aliphatic heterocycles. The van der Waals surface area contributed by atoms with Gasteiger partial charge in [-0.05, 0) is 96.7 Å². The lowest BCUT2D eigenvalue weighted by atomic mass is 9.77. The topological polar surface area (TPSA) is 86.0 Å². The summed E-state index contributed by atoms with van der Waals surface area (Å²) >= 11 is 1.36. The maximum atomic E-state index is 14.4. The fourth-order valence-corrected chi connectivity index (χ4v) is 8.78. The number of thioether (sulfide) groups is 1. The number of allylic oxidation sites excluding steroid dienone is 1. The molecule has 3 aromatic carbocycles. The normalized spacial score (nSPS) is 24.5. The van der Waals surface area contributed by atoms with E-state index in [0.29, 0.717) is 27.9 Å². The van der Waals surface area contributed by atoms with Gasteiger partial charge in [0.15, 0.2) is 5.16 Å². The molecule has 5 atom stereocenters. The number of fused-ring (bicyclic) bond motifs is 2. The lowest BCUT2D eigenvalue weighted by molar-refractivity contribution is -0.130. The molecule has 49 heavy (non-hydrogen) atoms. The van der Waals surface area contributed by atoms with Gasteiger partial charge in [0.25, 0.3) is 11.5 Å². The molecule has 254 valence electrons. The lowest BCUT2D eigenvalue weighted by Crippen LogP contribution is -2.36. The second-order valence-electron chi connectivity index (χ2n) is 13.6. The largest absolute Gasteiger partial charge is 0.497 e. The molecule has 0 bridgehead atoms. The highest BCUT2D eigenvalue weighted by Crippen LogP contribution is 2.45. The third kappa shape index (κ3) is 6.53. The lowest BCUT2D eigenvalue weighted by Gasteiger charge is -2.36. The summed E-state index contributed by atoms with van der Waals surface area (Å²) in [7, 11) is 3.33. The Hall–Kier alpha value is -4.37. The number of ether oxygens (including phenoxy) is 2. The summed E-state index contributed by atoms with van der Waals surface area (Å²) in [5, 5.41) is 8.04. The number of methoxy groups -OCH3 is 2. The van der Waals surface area contributed by atoms with E-state index < -0.39 is 0 Å². The predicted molar refractivity (Wildman–Crippen MR) is 196 cm³/mol. The second kappa shape index (κ2) is 14.2. The average molecular weight is 677 g/mol. The van der Waals surface area contributed by atoms with Crippen LogP contribution in [0.2, 0.25) is 0 Å². The van der Waals surface area contributed by atoms with Crippen molar-refractivity contribution >= 4 is 40.4 Å². The van der Waals surface area contributed by atoms with E-state index in [2.05, 4.69) is 32.1 Å². The third-order valence-corrected chi connectivity index (χ3v) is 11.7. The summed E-state index contributed by atoms with van der Waals surface area (Å²) in [5.41, 5.74) is 4.88. The number of para-hydroxylation sites is 1. The van der Waals surface area contributed by atoms with Gasteiger partial charge in [0, 0.05) is 12.0 Å². The van der Waals surface area contributed by atoms with Crippen LogP contribution in [0.15, 0.2) is 93.4 Å². The summed E-state index contributed by atoms with van der Waals surface area (Å²) in [6, 6.07) is 23.4. The minimum Gasteiger partial charge on any atom is -0.497 e. The van der Waals surface area contributed by atoms with Gasteiger partial charge in [0.1, 0.15) is 11.5 Å². The fourth-order valence-electron chi connectivity index (χ4n) is 7.87. The van der Waals surface area contributed by atoms with E-state index in [9.17, 15) is 9.59 Å². The summed E-state index contributed by atoms with van der Waals surface area (Å²) in [6.07, 6.45) is 8.21. The van der Waals surface area contributed by atoms with E-state index in [1.807, 2.05) is 65.2 Å². The van der Waals surface area contributed by atoms with E-state index in [1.165, 1.54) is 11.8 Å². The number of rotatable bonds is 8. The van der Waals surface area contributed by atoms with Crippen molar-refractivity contribution in [3.05, 3.63) is 99.9 Å². The number of hydrogen-bond donors (Lipinski definition) is 0. The molecule has 3 aliphatic rings. The van der Waals surface area contributed by atoms with Crippen molar-refractivity contribution in [2.45, 2.75) is 69.6 Å². The molecule has 0 radical (unpaired) electrons. The monoisotopic (exact) mass is 676 g/mol. The smallest absolute Gasteiger partial charge is 0.262 e. The zero-order valence-corrected chi connectivity index (χ0v) is 29.5. The predicted octanol–water partition coefficient (Wildman–Crippen LogP) is 8.33. The highest BCUT2D eigenvalue weighted by molar-refractivity contribution is 7.99. The molecular formula is C40H44N4O4S. The minimum absolute atomic E-state index is 0.0247. The number of carbonyl (C=O) groups excluding carboxylic acids is 1. The Labute approximate surface area is 292 Å². The molecule has 2 heterocycles. The molecule has 1 amide bonds. The van der Waals surface area contributed by atoms with Gasteiger partial charge in [-0.2, -0.15) is 5.10 Å². The number of hydrazone groups is 1. The third-order valence-electron chi connectivity index (χ3n) is 10.8. The van der Waals surface area contributed by atoms with Gasteiger partial charge >= 0.3 is 0 Å². The Balaban J connectivity index is 1.23. The van der Waals surface area contributed by atoms with Crippen molar-refractivity contribution in [3.63, 3.8) is 0 Å². The van der Waals surface area contributed by atoms with Crippen molar-refractivity contribution in [2.75, 3.05) is 20.0 Å². The van der Waals surface area contributed by atoms with E-state index in [0.717, 1.165) is 72.4 Å². The van der Waals surface area contributed by atoms with Gasteiger partial charge in [-0.25, -0.2) is 9.99 Å². The molecule has 0 saturated heterocycles. The summed E-state index contributed by atoms with van der Waals surface area (Å²) < 4.78 is 12.7. The molecule has 2 aliphatic carbocycles. The number of nitrogens with zero attached hydrogens (tertiary/aromatic N) is 4. The van der Waals surface area contributed by atoms with Crippen molar-refractivity contribution in [1.29, 1.82) is 0 Å². The van der Waals surface area contributed by atoms with Crippen LogP contribution in [-0.4, -0.2) is 46.2 Å². The van der Waals surface area contributed by atoms with E-state index >= 15 is 0 Å². The number of aromatic nitrogens is 2. The Morgan fingerprint density at radius 2 is 1.63 bits per heavy atom. The second-order valence-corrected chi connectivity index (χ2v) is 14.5. The number of amides is 1. The molecule has 0 N–H and O–H groups in total. The van der Waals surface area contributed by atoms with Crippen LogP contribution in [-0.2, 0) is 4.79 Å². The molecule has 5 unspecified atom stereocenters. The van der Waals surface area contributed by atoms with Gasteiger partial charge in [0.2, 0.25) is 0 Å². The maximum absolute atomic E-state index is 14.4.